The van der Waals surface area contributed by atoms with Gasteiger partial charge in [-0.2, -0.15) is 10.4 Å². The number of benzene rings is 2. The van der Waals surface area contributed by atoms with Crippen molar-refractivity contribution in [1.29, 1.82) is 5.26 Å². The van der Waals surface area contributed by atoms with Crippen molar-refractivity contribution in [2.24, 2.45) is 0 Å². The van der Waals surface area contributed by atoms with E-state index in [-0.39, 0.29) is 46.9 Å². The van der Waals surface area contributed by atoms with Crippen LogP contribution >= 0.6 is 0 Å². The average molecular weight is 725 g/mol. The standard InChI is InChI=1S/C37H39FN9O.BrH/c1-47(26-27-8-3-2-4-9-27)22-20-44(21-23-47)30-14-12-28(13-15-30)35-34(38)37(41-29-10-7-18-45(25-29)33(48)16-17-39)43-36(42-35)31-24-40-46-19-6-5-11-32(31)46;/h2-6,8-9,11-15,19,24,29H,7,10,16,18,20-23,25-26H2,1H3,(H,41,42,43);1H/q+1;/p-1/t29-;/m1./s1. The minimum Gasteiger partial charge on any atom is -1.00 e. The van der Waals surface area contributed by atoms with Crippen molar-refractivity contribution in [1.82, 2.24) is 24.5 Å². The van der Waals surface area contributed by atoms with Crippen molar-refractivity contribution in [3.63, 3.8) is 0 Å². The van der Waals surface area contributed by atoms with Crippen molar-refractivity contribution in [2.45, 2.75) is 31.8 Å². The van der Waals surface area contributed by atoms with Gasteiger partial charge in [0.1, 0.15) is 18.7 Å². The van der Waals surface area contributed by atoms with Crippen molar-refractivity contribution in [3.8, 4) is 28.7 Å². The number of anilines is 2. The minimum atomic E-state index is -0.546. The number of hydrogen-bond donors (Lipinski definition) is 1. The molecular formula is C37H39BrFN9O. The van der Waals surface area contributed by atoms with Crippen molar-refractivity contribution in [3.05, 3.63) is 96.6 Å². The summed E-state index contributed by atoms with van der Waals surface area (Å²) in [6, 6.07) is 26.1. The molecule has 2 aliphatic heterocycles. The Morgan fingerprint density at radius 2 is 1.78 bits per heavy atom. The number of carbonyl (C=O) groups excluding carboxylic acids is 1. The molecule has 7 rings (SSSR count). The van der Waals surface area contributed by atoms with E-state index in [9.17, 15) is 4.79 Å². The van der Waals surface area contributed by atoms with Gasteiger partial charge in [-0.3, -0.25) is 4.79 Å². The Labute approximate surface area is 296 Å². The molecule has 2 saturated heterocycles. The van der Waals surface area contributed by atoms with Crippen LogP contribution in [-0.4, -0.2) is 87.2 Å². The van der Waals surface area contributed by atoms with Gasteiger partial charge in [0, 0.05) is 42.1 Å². The number of carbonyl (C=O) groups is 1. The maximum atomic E-state index is 16.4. The summed E-state index contributed by atoms with van der Waals surface area (Å²) in [6.45, 7) is 5.92. The Bertz CT molecular complexity index is 1950. The number of likely N-dealkylation sites (N-methyl/N-ethyl adjacent to an activating group) is 1. The maximum Gasteiger partial charge on any atom is 0.236 e. The van der Waals surface area contributed by atoms with Crippen LogP contribution in [-0.2, 0) is 11.3 Å². The van der Waals surface area contributed by atoms with Gasteiger partial charge in [-0.1, -0.05) is 48.5 Å². The molecule has 0 saturated carbocycles. The molecule has 0 aliphatic carbocycles. The number of amides is 1. The van der Waals surface area contributed by atoms with Crippen molar-refractivity contribution in [2.75, 3.05) is 56.5 Å². The predicted octanol–water partition coefficient (Wildman–Crippen LogP) is 2.38. The largest absolute Gasteiger partial charge is 1.00 e. The van der Waals surface area contributed by atoms with Crippen LogP contribution in [0.3, 0.4) is 0 Å². The van der Waals surface area contributed by atoms with Gasteiger partial charge in [0.05, 0.1) is 56.6 Å². The number of aromatic nitrogens is 4. The fraction of sp³-hybridized carbons (Fsp3) is 0.324. The van der Waals surface area contributed by atoms with Gasteiger partial charge in [0.15, 0.2) is 17.5 Å². The quantitative estimate of drug-likeness (QED) is 0.246. The first-order chi connectivity index (χ1) is 23.4. The molecule has 3 aromatic heterocycles. The molecule has 252 valence electrons. The van der Waals surface area contributed by atoms with Crippen LogP contribution in [0.25, 0.3) is 28.2 Å². The summed E-state index contributed by atoms with van der Waals surface area (Å²) in [4.78, 5) is 25.9. The summed E-state index contributed by atoms with van der Waals surface area (Å²) in [5, 5.41) is 16.8. The van der Waals surface area contributed by atoms with Crippen LogP contribution in [0.15, 0.2) is 85.2 Å². The van der Waals surface area contributed by atoms with E-state index in [2.05, 4.69) is 57.7 Å². The molecule has 1 amide bonds. The Kier molecular flexibility index (Phi) is 10.2. The van der Waals surface area contributed by atoms with Crippen LogP contribution in [0.5, 0.6) is 0 Å². The van der Waals surface area contributed by atoms with E-state index in [4.69, 9.17) is 10.2 Å². The topological polar surface area (TPSA) is 102 Å². The van der Waals surface area contributed by atoms with Gasteiger partial charge in [0.2, 0.25) is 5.91 Å². The first-order valence-corrected chi connectivity index (χ1v) is 16.5. The third-order valence-electron chi connectivity index (χ3n) is 9.60. The normalized spacial score (nSPS) is 17.3. The van der Waals surface area contributed by atoms with Crippen molar-refractivity contribution >= 4 is 22.9 Å². The zero-order valence-corrected chi connectivity index (χ0v) is 29.1. The van der Waals surface area contributed by atoms with E-state index in [1.807, 2.05) is 54.7 Å². The monoisotopic (exact) mass is 723 g/mol. The molecular weight excluding hydrogens is 685 g/mol. The highest BCUT2D eigenvalue weighted by Crippen LogP contribution is 2.32. The van der Waals surface area contributed by atoms with Crippen LogP contribution in [0, 0.1) is 17.1 Å². The number of nitriles is 1. The minimum absolute atomic E-state index is 0. The molecule has 49 heavy (non-hydrogen) atoms. The van der Waals surface area contributed by atoms with Crippen LogP contribution in [0.1, 0.15) is 24.8 Å². The lowest BCUT2D eigenvalue weighted by molar-refractivity contribution is -0.923. The van der Waals surface area contributed by atoms with Crippen LogP contribution < -0.4 is 27.2 Å². The van der Waals surface area contributed by atoms with E-state index in [0.717, 1.165) is 61.3 Å². The van der Waals surface area contributed by atoms with Crippen molar-refractivity contribution < 1.29 is 30.6 Å². The fourth-order valence-corrected chi connectivity index (χ4v) is 6.87. The summed E-state index contributed by atoms with van der Waals surface area (Å²) in [5.74, 6) is -0.316. The molecule has 5 heterocycles. The summed E-state index contributed by atoms with van der Waals surface area (Å²) in [5.41, 5.74) is 4.81. The van der Waals surface area contributed by atoms with E-state index in [1.165, 1.54) is 5.56 Å². The summed E-state index contributed by atoms with van der Waals surface area (Å²) in [6.07, 6.45) is 4.87. The molecule has 2 fully saturated rings. The van der Waals surface area contributed by atoms with Gasteiger partial charge in [-0.15, -0.1) is 0 Å². The van der Waals surface area contributed by atoms with Gasteiger partial charge >= 0.3 is 0 Å². The number of nitrogens with zero attached hydrogens (tertiary/aromatic N) is 8. The molecule has 10 nitrogen and oxygen atoms in total. The number of halogens is 2. The number of nitrogens with one attached hydrogen (secondary N) is 1. The molecule has 2 aromatic carbocycles. The lowest BCUT2D eigenvalue weighted by Crippen LogP contribution is -3.00. The first kappa shape index (κ1) is 34.0. The van der Waals surface area contributed by atoms with Gasteiger partial charge in [-0.05, 0) is 37.1 Å². The number of piperazine rings is 1. The molecule has 0 bridgehead atoms. The Balaban J connectivity index is 0.00000417. The Morgan fingerprint density at radius 1 is 1.02 bits per heavy atom. The lowest BCUT2D eigenvalue weighted by Gasteiger charge is -2.43. The van der Waals surface area contributed by atoms with E-state index < -0.39 is 5.82 Å². The molecule has 5 aromatic rings. The third kappa shape index (κ3) is 7.43. The number of hydrogen-bond acceptors (Lipinski definition) is 7. The zero-order chi connectivity index (χ0) is 33.1. The predicted molar refractivity (Wildman–Crippen MR) is 183 cm³/mol. The molecule has 1 atom stereocenters. The SMILES string of the molecule is C[N+]1(Cc2ccccc2)CCN(c2ccc(-c3nc(-c4cnn5ccccc45)nc(N[C@@H]4CCCN(C(=O)CC#N)C4)c3F)cc2)CC1.[Br-]. The summed E-state index contributed by atoms with van der Waals surface area (Å²) >= 11 is 0. The molecule has 0 spiro atoms. The maximum absolute atomic E-state index is 16.4. The number of rotatable bonds is 8. The van der Waals surface area contributed by atoms with E-state index >= 15 is 4.39 Å². The molecule has 0 unspecified atom stereocenters. The zero-order valence-electron chi connectivity index (χ0n) is 27.5. The number of fused-ring (bicyclic) bond motifs is 1. The number of piperidine rings is 1. The van der Waals surface area contributed by atoms with Gasteiger partial charge < -0.3 is 36.6 Å². The second-order valence-corrected chi connectivity index (χ2v) is 13.0. The van der Waals surface area contributed by atoms with Gasteiger partial charge in [-0.25, -0.2) is 18.9 Å². The second-order valence-electron chi connectivity index (χ2n) is 13.0. The fourth-order valence-electron chi connectivity index (χ4n) is 6.87. The number of likely N-dealkylation sites (tertiary alicyclic amines) is 1. The number of quaternary nitrogens is 1. The first-order valence-electron chi connectivity index (χ1n) is 16.5. The highest BCUT2D eigenvalue weighted by Gasteiger charge is 2.30. The van der Waals surface area contributed by atoms with E-state index in [1.54, 1.807) is 15.6 Å². The summed E-state index contributed by atoms with van der Waals surface area (Å²) < 4.78 is 19.1. The molecule has 12 heteroatoms. The van der Waals surface area contributed by atoms with Gasteiger partial charge in [0.25, 0.3) is 0 Å². The Hall–Kier alpha value is -4.86. The summed E-state index contributed by atoms with van der Waals surface area (Å²) in [7, 11) is 2.33. The highest BCUT2D eigenvalue weighted by molar-refractivity contribution is 5.79. The molecule has 0 radical (unpaired) electrons. The van der Waals surface area contributed by atoms with Crippen LogP contribution in [0.4, 0.5) is 15.9 Å². The smallest absolute Gasteiger partial charge is 0.236 e. The highest BCUT2D eigenvalue weighted by atomic mass is 79.9. The Morgan fingerprint density at radius 3 is 2.53 bits per heavy atom. The second kappa shape index (κ2) is 14.7. The lowest BCUT2D eigenvalue weighted by atomic mass is 10.0. The average Bonchev–Trinajstić information content (AvgIpc) is 3.55. The third-order valence-corrected chi connectivity index (χ3v) is 9.60. The molecule has 1 N–H and O–H groups in total. The van der Waals surface area contributed by atoms with E-state index in [0.29, 0.717) is 30.0 Å². The molecule has 2 aliphatic rings. The van der Waals surface area contributed by atoms with Crippen LogP contribution in [0.2, 0.25) is 0 Å². The number of pyridine rings is 1.